The van der Waals surface area contributed by atoms with Crippen LogP contribution in [0.25, 0.3) is 10.2 Å². The Bertz CT molecular complexity index is 788. The molecule has 0 bridgehead atoms. The molecule has 2 N–H and O–H groups in total. The van der Waals surface area contributed by atoms with E-state index in [-0.39, 0.29) is 11.8 Å². The van der Waals surface area contributed by atoms with E-state index in [0.717, 1.165) is 46.1 Å². The summed E-state index contributed by atoms with van der Waals surface area (Å²) in [6, 6.07) is 8.14. The predicted octanol–water partition coefficient (Wildman–Crippen LogP) is 7.52. The van der Waals surface area contributed by atoms with Gasteiger partial charge in [0.05, 0.1) is 21.1 Å². The van der Waals surface area contributed by atoms with Crippen molar-refractivity contribution in [3.8, 4) is 0 Å². The molecule has 1 unspecified atom stereocenters. The summed E-state index contributed by atoms with van der Waals surface area (Å²) in [4.78, 5) is 18.3. The van der Waals surface area contributed by atoms with Crippen molar-refractivity contribution >= 4 is 44.7 Å². The van der Waals surface area contributed by atoms with Crippen LogP contribution in [0.1, 0.15) is 108 Å². The van der Waals surface area contributed by atoms with Crippen molar-refractivity contribution in [2.24, 2.45) is 0 Å². The Labute approximate surface area is 210 Å². The van der Waals surface area contributed by atoms with Gasteiger partial charge in [0.1, 0.15) is 5.01 Å². The van der Waals surface area contributed by atoms with E-state index in [1.165, 1.54) is 64.2 Å². The number of nitrogens with zero attached hydrogens (tertiary/aromatic N) is 1. The Morgan fingerprint density at radius 3 is 2.09 bits per heavy atom. The van der Waals surface area contributed by atoms with Crippen molar-refractivity contribution in [1.82, 2.24) is 15.6 Å². The second-order valence-electron chi connectivity index (χ2n) is 8.95. The molecule has 0 aliphatic heterocycles. The number of para-hydroxylation sites is 1. The quantitative estimate of drug-likeness (QED) is 0.168. The fourth-order valence-electron chi connectivity index (χ4n) is 3.96. The van der Waals surface area contributed by atoms with Gasteiger partial charge in [-0.15, -0.1) is 11.3 Å². The van der Waals surface area contributed by atoms with Crippen molar-refractivity contribution < 1.29 is 4.79 Å². The van der Waals surface area contributed by atoms with E-state index >= 15 is 0 Å². The first-order valence-corrected chi connectivity index (χ1v) is 14.3. The van der Waals surface area contributed by atoms with E-state index in [0.29, 0.717) is 6.42 Å². The van der Waals surface area contributed by atoms with Crippen LogP contribution in [-0.4, -0.2) is 29.0 Å². The third-order valence-electron chi connectivity index (χ3n) is 6.00. The van der Waals surface area contributed by atoms with E-state index in [4.69, 9.17) is 17.2 Å². The molecule has 2 rings (SSSR count). The van der Waals surface area contributed by atoms with Crippen molar-refractivity contribution in [1.29, 1.82) is 0 Å². The summed E-state index contributed by atoms with van der Waals surface area (Å²) in [5, 5.41) is 7.48. The summed E-state index contributed by atoms with van der Waals surface area (Å²) >= 11 is 7.42. The fourth-order valence-corrected chi connectivity index (χ4v) is 5.41. The van der Waals surface area contributed by atoms with Crippen LogP contribution >= 0.6 is 23.6 Å². The smallest absolute Gasteiger partial charge is 0.221 e. The number of fused-ring (bicyclic) bond motifs is 1. The maximum absolute atomic E-state index is 12.7. The molecule has 4 nitrogen and oxygen atoms in total. The number of nitrogens with one attached hydrogen (secondary N) is 2. The van der Waals surface area contributed by atoms with Crippen LogP contribution in [0.3, 0.4) is 0 Å². The predicted molar refractivity (Wildman–Crippen MR) is 147 cm³/mol. The van der Waals surface area contributed by atoms with Gasteiger partial charge in [0.2, 0.25) is 5.91 Å². The number of rotatable bonds is 18. The lowest BCUT2D eigenvalue weighted by Crippen LogP contribution is -2.33. The molecule has 6 heteroatoms. The van der Waals surface area contributed by atoms with Gasteiger partial charge in [0.25, 0.3) is 0 Å². The summed E-state index contributed by atoms with van der Waals surface area (Å²) < 4.78 is 1.14. The van der Waals surface area contributed by atoms with Crippen LogP contribution < -0.4 is 10.6 Å². The lowest BCUT2D eigenvalue weighted by molar-refractivity contribution is -0.121. The zero-order valence-corrected chi connectivity index (χ0v) is 22.3. The second-order valence-corrected chi connectivity index (χ2v) is 10.5. The Morgan fingerprint density at radius 2 is 1.45 bits per heavy atom. The van der Waals surface area contributed by atoms with Gasteiger partial charge >= 0.3 is 0 Å². The van der Waals surface area contributed by atoms with Gasteiger partial charge in [0.15, 0.2) is 0 Å². The molecule has 2 aromatic rings. The second kappa shape index (κ2) is 17.0. The largest absolute Gasteiger partial charge is 0.379 e. The molecule has 0 saturated carbocycles. The summed E-state index contributed by atoms with van der Waals surface area (Å²) in [5.41, 5.74) is 0.980. The number of aromatic nitrogens is 1. The average molecular weight is 490 g/mol. The summed E-state index contributed by atoms with van der Waals surface area (Å²) in [6.45, 7) is 6.09. The average Bonchev–Trinajstić information content (AvgIpc) is 3.25. The van der Waals surface area contributed by atoms with Gasteiger partial charge in [0, 0.05) is 19.5 Å². The van der Waals surface area contributed by atoms with Gasteiger partial charge < -0.3 is 10.6 Å². The first-order valence-electron chi connectivity index (χ1n) is 13.1. The number of thiazole rings is 1. The molecule has 0 aliphatic carbocycles. The monoisotopic (exact) mass is 489 g/mol. The zero-order chi connectivity index (χ0) is 23.7. The Kier molecular flexibility index (Phi) is 14.3. The third kappa shape index (κ3) is 11.0. The summed E-state index contributed by atoms with van der Waals surface area (Å²) in [6.07, 6.45) is 15.2. The van der Waals surface area contributed by atoms with E-state index in [1.54, 1.807) is 11.3 Å². The lowest BCUT2D eigenvalue weighted by Gasteiger charge is -2.17. The van der Waals surface area contributed by atoms with Crippen LogP contribution in [0.2, 0.25) is 0 Å². The minimum Gasteiger partial charge on any atom is -0.379 e. The number of amides is 1. The van der Waals surface area contributed by atoms with Crippen molar-refractivity contribution in [3.63, 3.8) is 0 Å². The van der Waals surface area contributed by atoms with Crippen molar-refractivity contribution in [2.45, 2.75) is 103 Å². The molecule has 1 aromatic carbocycles. The molecule has 33 heavy (non-hydrogen) atoms. The first kappa shape index (κ1) is 27.7. The SMILES string of the molecule is CCCCCCCCNC(=O)CC(C(=S)NCCCCCCCC)c1nc2ccccc2s1. The molecule has 1 amide bonds. The van der Waals surface area contributed by atoms with Crippen LogP contribution in [0.15, 0.2) is 24.3 Å². The van der Waals surface area contributed by atoms with Crippen molar-refractivity contribution in [3.05, 3.63) is 29.3 Å². The van der Waals surface area contributed by atoms with Gasteiger partial charge in [-0.25, -0.2) is 4.98 Å². The Balaban J connectivity index is 1.86. The van der Waals surface area contributed by atoms with Crippen LogP contribution in [-0.2, 0) is 4.79 Å². The van der Waals surface area contributed by atoms with Crippen LogP contribution in [0, 0.1) is 0 Å². The van der Waals surface area contributed by atoms with E-state index in [1.807, 2.05) is 18.2 Å². The fraction of sp³-hybridized carbons (Fsp3) is 0.667. The number of hydrogen-bond acceptors (Lipinski definition) is 4. The highest BCUT2D eigenvalue weighted by Crippen LogP contribution is 2.30. The van der Waals surface area contributed by atoms with Gasteiger partial charge in [-0.3, -0.25) is 4.79 Å². The minimum absolute atomic E-state index is 0.0662. The standard InChI is InChI=1S/C27H43N3OS2/c1-3-5-7-9-11-15-19-28-25(31)21-22(26(32)29-20-16-12-10-8-6-4-2)27-30-23-17-13-14-18-24(23)33-27/h13-14,17-18,22H,3-12,15-16,19-21H2,1-2H3,(H,28,31)(H,29,32). The number of carbonyl (C=O) groups excluding carboxylic acids is 1. The lowest BCUT2D eigenvalue weighted by atomic mass is 10.0. The number of thiocarbonyl (C=S) groups is 1. The number of carbonyl (C=O) groups is 1. The maximum Gasteiger partial charge on any atom is 0.221 e. The van der Waals surface area contributed by atoms with Crippen LogP contribution in [0.4, 0.5) is 0 Å². The normalized spacial score (nSPS) is 12.1. The highest BCUT2D eigenvalue weighted by molar-refractivity contribution is 7.80. The zero-order valence-electron chi connectivity index (χ0n) is 20.7. The number of benzene rings is 1. The van der Waals surface area contributed by atoms with Gasteiger partial charge in [-0.05, 0) is 25.0 Å². The highest BCUT2D eigenvalue weighted by atomic mass is 32.1. The molecule has 184 valence electrons. The molecule has 1 atom stereocenters. The van der Waals surface area contributed by atoms with Gasteiger partial charge in [-0.1, -0.05) is 102 Å². The molecule has 0 saturated heterocycles. The molecular formula is C27H43N3OS2. The van der Waals surface area contributed by atoms with E-state index in [2.05, 4.69) is 30.5 Å². The molecular weight excluding hydrogens is 446 g/mol. The maximum atomic E-state index is 12.7. The molecule has 0 aliphatic rings. The van der Waals surface area contributed by atoms with Gasteiger partial charge in [-0.2, -0.15) is 0 Å². The number of hydrogen-bond donors (Lipinski definition) is 2. The molecule has 1 heterocycles. The molecule has 0 fully saturated rings. The van der Waals surface area contributed by atoms with E-state index in [9.17, 15) is 4.79 Å². The minimum atomic E-state index is -0.165. The summed E-state index contributed by atoms with van der Waals surface area (Å²) in [5.74, 6) is -0.0985. The Morgan fingerprint density at radius 1 is 0.879 bits per heavy atom. The molecule has 0 radical (unpaired) electrons. The number of unbranched alkanes of at least 4 members (excludes halogenated alkanes) is 10. The highest BCUT2D eigenvalue weighted by Gasteiger charge is 2.24. The van der Waals surface area contributed by atoms with E-state index < -0.39 is 0 Å². The first-order chi connectivity index (χ1) is 16.2. The third-order valence-corrected chi connectivity index (χ3v) is 7.58. The van der Waals surface area contributed by atoms with Crippen molar-refractivity contribution in [2.75, 3.05) is 13.1 Å². The molecule has 0 spiro atoms. The summed E-state index contributed by atoms with van der Waals surface area (Å²) in [7, 11) is 0. The Hall–Kier alpha value is -1.53. The molecule has 1 aromatic heterocycles. The topological polar surface area (TPSA) is 54.0 Å². The van der Waals surface area contributed by atoms with Crippen LogP contribution in [0.5, 0.6) is 0 Å².